The molecule has 30 heavy (non-hydrogen) atoms. The quantitative estimate of drug-likeness (QED) is 0.680. The van der Waals surface area contributed by atoms with Gasteiger partial charge in [-0.2, -0.15) is 0 Å². The van der Waals surface area contributed by atoms with E-state index >= 15 is 0 Å². The molecule has 1 saturated heterocycles. The summed E-state index contributed by atoms with van der Waals surface area (Å²) in [7, 11) is 0. The van der Waals surface area contributed by atoms with Crippen LogP contribution in [0, 0.1) is 5.92 Å². The van der Waals surface area contributed by atoms with Crippen molar-refractivity contribution < 1.29 is 19.1 Å². The van der Waals surface area contributed by atoms with Crippen LogP contribution in [0.25, 0.3) is 0 Å². The zero-order chi connectivity index (χ0) is 21.5. The van der Waals surface area contributed by atoms with Crippen LogP contribution in [0.3, 0.4) is 0 Å². The third kappa shape index (κ3) is 5.75. The highest BCUT2D eigenvalue weighted by atomic mass is 16.5. The Hall–Kier alpha value is -3.02. The summed E-state index contributed by atoms with van der Waals surface area (Å²) in [6.07, 6.45) is 1.29. The second-order valence-corrected chi connectivity index (χ2v) is 7.78. The second-order valence-electron chi connectivity index (χ2n) is 7.78. The first kappa shape index (κ1) is 21.7. The Labute approximate surface area is 178 Å². The van der Waals surface area contributed by atoms with E-state index in [4.69, 9.17) is 9.47 Å². The predicted molar refractivity (Wildman–Crippen MR) is 117 cm³/mol. The number of nitrogens with zero attached hydrogens (tertiary/aromatic N) is 1. The minimum atomic E-state index is -0.350. The smallest absolute Gasteiger partial charge is 0.227 e. The highest BCUT2D eigenvalue weighted by Crippen LogP contribution is 2.27. The van der Waals surface area contributed by atoms with E-state index in [0.29, 0.717) is 19.7 Å². The lowest BCUT2D eigenvalue weighted by atomic mass is 10.1. The molecule has 0 saturated carbocycles. The van der Waals surface area contributed by atoms with Gasteiger partial charge in [-0.05, 0) is 62.2 Å². The molecule has 1 fully saturated rings. The lowest BCUT2D eigenvalue weighted by molar-refractivity contribution is -0.126. The van der Waals surface area contributed by atoms with Crippen LogP contribution in [0.15, 0.2) is 48.5 Å². The molecule has 0 unspecified atom stereocenters. The van der Waals surface area contributed by atoms with Gasteiger partial charge in [-0.25, -0.2) is 0 Å². The van der Waals surface area contributed by atoms with Gasteiger partial charge in [0.25, 0.3) is 0 Å². The molecular formula is C24H30N2O4. The van der Waals surface area contributed by atoms with E-state index in [9.17, 15) is 9.59 Å². The highest BCUT2D eigenvalue weighted by Gasteiger charge is 2.35. The van der Waals surface area contributed by atoms with E-state index in [1.165, 1.54) is 0 Å². The number of nitrogens with one attached hydrogen (secondary N) is 1. The summed E-state index contributed by atoms with van der Waals surface area (Å²) in [6, 6.07) is 15.1. The van der Waals surface area contributed by atoms with Crippen molar-refractivity contribution in [1.82, 2.24) is 5.32 Å². The van der Waals surface area contributed by atoms with Gasteiger partial charge in [0.05, 0.1) is 18.6 Å². The number of anilines is 1. The van der Waals surface area contributed by atoms with E-state index in [1.54, 1.807) is 4.90 Å². The van der Waals surface area contributed by atoms with Crippen LogP contribution in [-0.4, -0.2) is 31.1 Å². The fraction of sp³-hybridized carbons (Fsp3) is 0.417. The van der Waals surface area contributed by atoms with Gasteiger partial charge in [0, 0.05) is 25.2 Å². The van der Waals surface area contributed by atoms with E-state index in [1.807, 2.05) is 62.4 Å². The first-order valence-corrected chi connectivity index (χ1v) is 10.5. The Morgan fingerprint density at radius 1 is 1.10 bits per heavy atom. The van der Waals surface area contributed by atoms with Crippen LogP contribution in [0.5, 0.6) is 11.5 Å². The van der Waals surface area contributed by atoms with Gasteiger partial charge in [0.15, 0.2) is 0 Å². The first-order chi connectivity index (χ1) is 14.5. The molecule has 1 atom stereocenters. The standard InChI is InChI=1S/C24H30N2O4/c1-4-13-29-21-11-7-20(8-12-21)26-16-19(14-23(26)27)24(28)25-15-18-5-9-22(10-6-18)30-17(2)3/h5-12,17,19H,4,13-16H2,1-3H3,(H,25,28)/t19-/m1/s1. The number of benzene rings is 2. The summed E-state index contributed by atoms with van der Waals surface area (Å²) in [5.41, 5.74) is 1.78. The van der Waals surface area contributed by atoms with Crippen molar-refractivity contribution in [2.45, 2.75) is 46.3 Å². The maximum atomic E-state index is 12.6. The summed E-state index contributed by atoms with van der Waals surface area (Å²) in [6.45, 7) is 7.50. The number of hydrogen-bond donors (Lipinski definition) is 1. The van der Waals surface area contributed by atoms with Crippen LogP contribution < -0.4 is 19.7 Å². The molecule has 0 radical (unpaired) electrons. The molecule has 6 nitrogen and oxygen atoms in total. The van der Waals surface area contributed by atoms with Gasteiger partial charge in [0.1, 0.15) is 11.5 Å². The monoisotopic (exact) mass is 410 g/mol. The van der Waals surface area contributed by atoms with E-state index in [-0.39, 0.29) is 30.3 Å². The molecule has 2 aromatic carbocycles. The number of carbonyl (C=O) groups is 2. The topological polar surface area (TPSA) is 67.9 Å². The summed E-state index contributed by atoms with van der Waals surface area (Å²) in [5, 5.41) is 2.95. The fourth-order valence-corrected chi connectivity index (χ4v) is 3.37. The van der Waals surface area contributed by atoms with E-state index < -0.39 is 0 Å². The maximum Gasteiger partial charge on any atom is 0.227 e. The molecule has 6 heteroatoms. The van der Waals surface area contributed by atoms with Crippen LogP contribution in [-0.2, 0) is 16.1 Å². The van der Waals surface area contributed by atoms with E-state index in [0.717, 1.165) is 29.2 Å². The molecule has 0 spiro atoms. The van der Waals surface area contributed by atoms with Crippen molar-refractivity contribution in [3.63, 3.8) is 0 Å². The lowest BCUT2D eigenvalue weighted by Gasteiger charge is -2.17. The first-order valence-electron chi connectivity index (χ1n) is 10.5. The minimum absolute atomic E-state index is 0.0347. The van der Waals surface area contributed by atoms with Crippen molar-refractivity contribution in [2.24, 2.45) is 5.92 Å². The van der Waals surface area contributed by atoms with Crippen LogP contribution >= 0.6 is 0 Å². The Balaban J connectivity index is 1.52. The van der Waals surface area contributed by atoms with Crippen molar-refractivity contribution in [2.75, 3.05) is 18.1 Å². The third-order valence-electron chi connectivity index (χ3n) is 4.88. The molecule has 3 rings (SSSR count). The van der Waals surface area contributed by atoms with Gasteiger partial charge in [-0.1, -0.05) is 19.1 Å². The van der Waals surface area contributed by atoms with Crippen molar-refractivity contribution in [1.29, 1.82) is 0 Å². The zero-order valence-electron chi connectivity index (χ0n) is 17.9. The third-order valence-corrected chi connectivity index (χ3v) is 4.88. The summed E-state index contributed by atoms with van der Waals surface area (Å²) in [4.78, 5) is 26.7. The molecule has 1 aliphatic heterocycles. The molecule has 0 aliphatic carbocycles. The summed E-state index contributed by atoms with van der Waals surface area (Å²) >= 11 is 0. The molecule has 1 aliphatic rings. The van der Waals surface area contributed by atoms with Crippen molar-refractivity contribution in [3.05, 3.63) is 54.1 Å². The number of carbonyl (C=O) groups excluding carboxylic acids is 2. The Kier molecular flexibility index (Phi) is 7.33. The average molecular weight is 411 g/mol. The lowest BCUT2D eigenvalue weighted by Crippen LogP contribution is -2.32. The normalized spacial score (nSPS) is 16.1. The van der Waals surface area contributed by atoms with Crippen LogP contribution in [0.2, 0.25) is 0 Å². The number of ether oxygens (including phenoxy) is 2. The van der Waals surface area contributed by atoms with Crippen molar-refractivity contribution >= 4 is 17.5 Å². The molecule has 2 amide bonds. The van der Waals surface area contributed by atoms with Gasteiger partial charge in [-0.3, -0.25) is 9.59 Å². The van der Waals surface area contributed by atoms with Crippen LogP contribution in [0.4, 0.5) is 5.69 Å². The molecule has 2 aromatic rings. The number of rotatable bonds is 9. The van der Waals surface area contributed by atoms with Gasteiger partial charge >= 0.3 is 0 Å². The minimum Gasteiger partial charge on any atom is -0.494 e. The zero-order valence-corrected chi connectivity index (χ0v) is 17.9. The largest absolute Gasteiger partial charge is 0.494 e. The Morgan fingerprint density at radius 2 is 1.77 bits per heavy atom. The number of amides is 2. The van der Waals surface area contributed by atoms with Gasteiger partial charge in [0.2, 0.25) is 11.8 Å². The highest BCUT2D eigenvalue weighted by molar-refractivity contribution is 6.00. The van der Waals surface area contributed by atoms with Gasteiger partial charge < -0.3 is 19.7 Å². The van der Waals surface area contributed by atoms with Crippen molar-refractivity contribution in [3.8, 4) is 11.5 Å². The molecular weight excluding hydrogens is 380 g/mol. The number of hydrogen-bond acceptors (Lipinski definition) is 4. The summed E-state index contributed by atoms with van der Waals surface area (Å²) < 4.78 is 11.2. The molecule has 1 heterocycles. The molecule has 0 aromatic heterocycles. The SMILES string of the molecule is CCCOc1ccc(N2C[C@H](C(=O)NCc3ccc(OC(C)C)cc3)CC2=O)cc1. The van der Waals surface area contributed by atoms with Crippen LogP contribution in [0.1, 0.15) is 39.2 Å². The molecule has 1 N–H and O–H groups in total. The van der Waals surface area contributed by atoms with E-state index in [2.05, 4.69) is 12.2 Å². The second kappa shape index (κ2) is 10.1. The maximum absolute atomic E-state index is 12.6. The Morgan fingerprint density at radius 3 is 2.40 bits per heavy atom. The average Bonchev–Trinajstić information content (AvgIpc) is 3.13. The molecule has 0 bridgehead atoms. The molecule has 160 valence electrons. The fourth-order valence-electron chi connectivity index (χ4n) is 3.37. The predicted octanol–water partition coefficient (Wildman–Crippen LogP) is 3.93. The Bertz CT molecular complexity index is 847. The summed E-state index contributed by atoms with van der Waals surface area (Å²) in [5.74, 6) is 1.11. The van der Waals surface area contributed by atoms with Gasteiger partial charge in [-0.15, -0.1) is 0 Å².